The van der Waals surface area contributed by atoms with Gasteiger partial charge in [0.15, 0.2) is 0 Å². The average Bonchev–Trinajstić information content (AvgIpc) is 2.35. The van der Waals surface area contributed by atoms with Crippen LogP contribution in [0, 0.1) is 0 Å². The molecule has 8 heteroatoms. The quantitative estimate of drug-likeness (QED) is 0.543. The molecule has 0 aromatic heterocycles. The molecule has 0 spiro atoms. The zero-order chi connectivity index (χ0) is 17.0. The van der Waals surface area contributed by atoms with Gasteiger partial charge in [-0.3, -0.25) is 18.7 Å². The van der Waals surface area contributed by atoms with E-state index in [4.69, 9.17) is 24.0 Å². The fourth-order valence-corrected chi connectivity index (χ4v) is 18.5. The zero-order valence-electron chi connectivity index (χ0n) is 15.0. The van der Waals surface area contributed by atoms with Crippen molar-refractivity contribution in [1.82, 2.24) is 18.7 Å². The van der Waals surface area contributed by atoms with Gasteiger partial charge in [0.25, 0.3) is 0 Å². The third-order valence-electron chi connectivity index (χ3n) is 4.64. The van der Waals surface area contributed by atoms with Gasteiger partial charge in [-0.2, -0.15) is 0 Å². The van der Waals surface area contributed by atoms with Crippen molar-refractivity contribution >= 4 is 47.7 Å². The lowest BCUT2D eigenvalue weighted by Gasteiger charge is -2.65. The van der Waals surface area contributed by atoms with Gasteiger partial charge in [0, 0.05) is 12.1 Å². The van der Waals surface area contributed by atoms with Crippen LogP contribution >= 0.6 is 25.7 Å². The number of thiocarbonyl (C=S) groups is 1. The first-order valence-corrected chi connectivity index (χ1v) is 11.7. The SMILES string of the molecule is CC1=P(N(C)C)(N(C)C)C(C)(P(=S)(N(C)C)N(C)C)C1=S. The first-order valence-electron chi connectivity index (χ1n) is 6.94. The Morgan fingerprint density at radius 1 is 0.905 bits per heavy atom. The van der Waals surface area contributed by atoms with E-state index < -0.39 is 13.5 Å². The molecule has 1 unspecified atom stereocenters. The molecule has 1 heterocycles. The Bertz CT molecular complexity index is 530. The second kappa shape index (κ2) is 6.07. The van der Waals surface area contributed by atoms with Crippen molar-refractivity contribution in [3.63, 3.8) is 0 Å². The zero-order valence-corrected chi connectivity index (χ0v) is 18.4. The Morgan fingerprint density at radius 3 is 1.48 bits per heavy atom. The number of rotatable bonds is 5. The predicted molar refractivity (Wildman–Crippen MR) is 108 cm³/mol. The minimum atomic E-state index is -2.00. The highest BCUT2D eigenvalue weighted by molar-refractivity contribution is 8.19. The smallest absolute Gasteiger partial charge is 0.102 e. The molecular formula is C13H30N4P2S2. The molecule has 0 aromatic rings. The molecule has 1 rings (SSSR count). The molecule has 124 valence electrons. The minimum Gasteiger partial charge on any atom is -0.277 e. The van der Waals surface area contributed by atoms with Crippen LogP contribution in [0.5, 0.6) is 0 Å². The molecule has 0 bridgehead atoms. The lowest BCUT2D eigenvalue weighted by molar-refractivity contribution is 0.529. The maximum Gasteiger partial charge on any atom is 0.102 e. The predicted octanol–water partition coefficient (Wildman–Crippen LogP) is 2.68. The summed E-state index contributed by atoms with van der Waals surface area (Å²) in [7, 11) is 15.4. The van der Waals surface area contributed by atoms with Crippen molar-refractivity contribution in [2.75, 3.05) is 56.4 Å². The summed E-state index contributed by atoms with van der Waals surface area (Å²) in [6.07, 6.45) is -2.00. The Hall–Kier alpha value is 0.880. The van der Waals surface area contributed by atoms with Crippen LogP contribution in [-0.4, -0.2) is 90.1 Å². The molecule has 21 heavy (non-hydrogen) atoms. The monoisotopic (exact) mass is 368 g/mol. The van der Waals surface area contributed by atoms with E-state index in [0.717, 1.165) is 4.86 Å². The maximum atomic E-state index is 6.29. The number of hydrogen-bond donors (Lipinski definition) is 0. The third-order valence-corrected chi connectivity index (χ3v) is 19.4. The summed E-state index contributed by atoms with van der Waals surface area (Å²) in [5, 5.41) is 1.35. The fraction of sp³-hybridized carbons (Fsp3) is 0.846. The van der Waals surface area contributed by atoms with Gasteiger partial charge >= 0.3 is 0 Å². The lowest BCUT2D eigenvalue weighted by atomic mass is 10.2. The molecule has 0 aromatic carbocycles. The van der Waals surface area contributed by atoms with Gasteiger partial charge in [-0.1, -0.05) is 24.0 Å². The molecule has 0 saturated heterocycles. The second-order valence-electron chi connectivity index (χ2n) is 6.47. The van der Waals surface area contributed by atoms with Crippen molar-refractivity contribution < 1.29 is 0 Å². The minimum absolute atomic E-state index is 0.158. The summed E-state index contributed by atoms with van der Waals surface area (Å²) < 4.78 is 9.24. The number of hydrogen-bond acceptors (Lipinski definition) is 4. The van der Waals surface area contributed by atoms with E-state index in [9.17, 15) is 0 Å². The normalized spacial score (nSPS) is 26.2. The van der Waals surface area contributed by atoms with Gasteiger partial charge in [-0.05, 0) is 75.5 Å². The van der Waals surface area contributed by atoms with E-state index in [2.05, 4.69) is 88.9 Å². The molecule has 1 aliphatic heterocycles. The summed E-state index contributed by atoms with van der Waals surface area (Å²) in [5.41, 5.74) is 0. The molecule has 4 nitrogen and oxygen atoms in total. The summed E-state index contributed by atoms with van der Waals surface area (Å²) in [6, 6.07) is 0. The van der Waals surface area contributed by atoms with Gasteiger partial charge in [-0.15, -0.1) is 0 Å². The lowest BCUT2D eigenvalue weighted by Crippen LogP contribution is -2.59. The highest BCUT2D eigenvalue weighted by Gasteiger charge is 2.65. The molecule has 1 atom stereocenters. The van der Waals surface area contributed by atoms with Crippen molar-refractivity contribution in [3.8, 4) is 0 Å². The Kier molecular flexibility index (Phi) is 5.76. The molecule has 1 aliphatic rings. The van der Waals surface area contributed by atoms with E-state index in [-0.39, 0.29) is 4.90 Å². The highest BCUT2D eigenvalue weighted by atomic mass is 32.4. The van der Waals surface area contributed by atoms with Crippen LogP contribution in [0.4, 0.5) is 0 Å². The molecule has 0 aliphatic carbocycles. The summed E-state index contributed by atoms with van der Waals surface area (Å²) in [5.74, 6) is 0. The van der Waals surface area contributed by atoms with Crippen molar-refractivity contribution in [2.24, 2.45) is 0 Å². The van der Waals surface area contributed by atoms with Crippen LogP contribution in [0.2, 0.25) is 0 Å². The summed E-state index contributed by atoms with van der Waals surface area (Å²) in [4.78, 5) is 0.915. The third kappa shape index (κ3) is 2.15. The van der Waals surface area contributed by atoms with E-state index in [1.807, 2.05) is 0 Å². The van der Waals surface area contributed by atoms with Gasteiger partial charge in [-0.25, -0.2) is 0 Å². The van der Waals surface area contributed by atoms with E-state index >= 15 is 0 Å². The molecule has 0 N–H and O–H groups in total. The molecule has 0 radical (unpaired) electrons. The number of nitrogens with zero attached hydrogens (tertiary/aromatic N) is 4. The largest absolute Gasteiger partial charge is 0.277 e. The standard InChI is InChI=1S/C13H30N4P2S2/c1-11-12(20)13(2,18(11,14(3)4)15(5)6)19(21,16(7)8)17(9)10/h1-10H3. The van der Waals surface area contributed by atoms with Gasteiger partial charge < -0.3 is 0 Å². The molecular weight excluding hydrogens is 338 g/mol. The summed E-state index contributed by atoms with van der Waals surface area (Å²) >= 11 is 12.2. The molecule has 0 fully saturated rings. The molecule has 0 amide bonds. The average molecular weight is 368 g/mol. The van der Waals surface area contributed by atoms with E-state index in [1.54, 1.807) is 0 Å². The van der Waals surface area contributed by atoms with Gasteiger partial charge in [0.05, 0.1) is 6.34 Å². The van der Waals surface area contributed by atoms with Crippen LogP contribution in [0.25, 0.3) is 0 Å². The maximum absolute atomic E-state index is 6.29. The van der Waals surface area contributed by atoms with Crippen LogP contribution in [0.15, 0.2) is 0 Å². The van der Waals surface area contributed by atoms with Crippen molar-refractivity contribution in [1.29, 1.82) is 0 Å². The van der Waals surface area contributed by atoms with Crippen molar-refractivity contribution in [3.05, 3.63) is 0 Å². The van der Waals surface area contributed by atoms with E-state index in [0.29, 0.717) is 0 Å². The summed E-state index contributed by atoms with van der Waals surface area (Å²) in [6.45, 7) is 4.50. The van der Waals surface area contributed by atoms with E-state index in [1.165, 1.54) is 5.29 Å². The Labute approximate surface area is 141 Å². The van der Waals surface area contributed by atoms with Crippen LogP contribution in [-0.2, 0) is 11.8 Å². The van der Waals surface area contributed by atoms with Gasteiger partial charge in [0.2, 0.25) is 0 Å². The van der Waals surface area contributed by atoms with Crippen LogP contribution in [0.1, 0.15) is 13.8 Å². The molecule has 0 saturated carbocycles. The first-order chi connectivity index (χ1) is 9.34. The van der Waals surface area contributed by atoms with Crippen LogP contribution < -0.4 is 0 Å². The van der Waals surface area contributed by atoms with Gasteiger partial charge in [0.1, 0.15) is 4.90 Å². The topological polar surface area (TPSA) is 13.0 Å². The van der Waals surface area contributed by atoms with Crippen LogP contribution in [0.3, 0.4) is 0 Å². The van der Waals surface area contributed by atoms with Crippen molar-refractivity contribution in [2.45, 2.75) is 18.7 Å². The Morgan fingerprint density at radius 2 is 1.24 bits per heavy atom. The first kappa shape index (κ1) is 19.9. The fourth-order valence-electron chi connectivity index (χ4n) is 4.09. The highest BCUT2D eigenvalue weighted by Crippen LogP contribution is 2.84. The second-order valence-corrected chi connectivity index (χ2v) is 16.7. The Balaban J connectivity index is 3.85.